The minimum absolute atomic E-state index is 0.0836. The molecule has 0 atom stereocenters. The van der Waals surface area contributed by atoms with Gasteiger partial charge in [0.2, 0.25) is 0 Å². The van der Waals surface area contributed by atoms with Crippen molar-refractivity contribution in [2.45, 2.75) is 13.3 Å². The number of nitrogens with zero attached hydrogens (tertiary/aromatic N) is 2. The fraction of sp³-hybridized carbons (Fsp3) is 0.222. The Morgan fingerprint density at radius 1 is 1.64 bits per heavy atom. The molecule has 0 fully saturated rings. The largest absolute Gasteiger partial charge is 0.290 e. The van der Waals surface area contributed by atoms with Gasteiger partial charge in [0.1, 0.15) is 5.02 Å². The van der Waals surface area contributed by atoms with E-state index in [4.69, 9.17) is 16.9 Å². The van der Waals surface area contributed by atoms with Crippen LogP contribution in [0.25, 0.3) is 0 Å². The first-order valence-electron chi connectivity index (χ1n) is 3.86. The molecule has 0 saturated heterocycles. The Labute approximate surface area is 85.9 Å². The van der Waals surface area contributed by atoms with Crippen LogP contribution in [-0.4, -0.2) is 4.92 Å². The Morgan fingerprint density at radius 3 is 2.71 bits per heavy atom. The van der Waals surface area contributed by atoms with E-state index in [1.165, 1.54) is 6.07 Å². The van der Waals surface area contributed by atoms with Crippen molar-refractivity contribution >= 4 is 17.3 Å². The third kappa shape index (κ3) is 2.01. The summed E-state index contributed by atoms with van der Waals surface area (Å²) >= 11 is 5.71. The highest BCUT2D eigenvalue weighted by Gasteiger charge is 2.16. The standard InChI is InChI=1S/C9H7ClN2O2/c1-6-4-7(2-3-11)5-8(10)9(6)12(13)14/h4-5H,2H2,1H3. The zero-order chi connectivity index (χ0) is 10.7. The van der Waals surface area contributed by atoms with Crippen LogP contribution >= 0.6 is 11.6 Å². The van der Waals surface area contributed by atoms with Crippen molar-refractivity contribution in [1.82, 2.24) is 0 Å². The van der Waals surface area contributed by atoms with E-state index in [-0.39, 0.29) is 17.1 Å². The van der Waals surface area contributed by atoms with Crippen molar-refractivity contribution in [2.24, 2.45) is 0 Å². The monoisotopic (exact) mass is 210 g/mol. The highest BCUT2D eigenvalue weighted by Crippen LogP contribution is 2.29. The summed E-state index contributed by atoms with van der Waals surface area (Å²) in [5.41, 5.74) is 1.08. The number of hydrogen-bond acceptors (Lipinski definition) is 3. The number of aryl methyl sites for hydroxylation is 1. The van der Waals surface area contributed by atoms with Crippen LogP contribution < -0.4 is 0 Å². The molecular formula is C9H7ClN2O2. The Kier molecular flexibility index (Phi) is 3.05. The molecule has 0 unspecified atom stereocenters. The van der Waals surface area contributed by atoms with Gasteiger partial charge in [-0.3, -0.25) is 10.1 Å². The third-order valence-corrected chi connectivity index (χ3v) is 2.07. The van der Waals surface area contributed by atoms with E-state index in [1.807, 2.05) is 6.07 Å². The van der Waals surface area contributed by atoms with Crippen LogP contribution in [0, 0.1) is 28.4 Å². The minimum atomic E-state index is -0.520. The van der Waals surface area contributed by atoms with Crippen molar-refractivity contribution in [1.29, 1.82) is 5.26 Å². The molecule has 5 heteroatoms. The van der Waals surface area contributed by atoms with Gasteiger partial charge in [-0.15, -0.1) is 0 Å². The van der Waals surface area contributed by atoms with Gasteiger partial charge in [0.15, 0.2) is 0 Å². The predicted octanol–water partition coefficient (Wildman–Crippen LogP) is 2.62. The van der Waals surface area contributed by atoms with E-state index in [9.17, 15) is 10.1 Å². The first-order chi connectivity index (χ1) is 6.56. The summed E-state index contributed by atoms with van der Waals surface area (Å²) < 4.78 is 0. The van der Waals surface area contributed by atoms with E-state index in [0.717, 1.165) is 0 Å². The maximum Gasteiger partial charge on any atom is 0.290 e. The zero-order valence-electron chi connectivity index (χ0n) is 7.45. The molecule has 0 bridgehead atoms. The average Bonchev–Trinajstić information content (AvgIpc) is 2.01. The highest BCUT2D eigenvalue weighted by atomic mass is 35.5. The lowest BCUT2D eigenvalue weighted by Crippen LogP contribution is -1.94. The molecule has 14 heavy (non-hydrogen) atoms. The Bertz CT molecular complexity index is 400. The van der Waals surface area contributed by atoms with Gasteiger partial charge in [0, 0.05) is 5.56 Å². The normalized spacial score (nSPS) is 9.50. The van der Waals surface area contributed by atoms with Gasteiger partial charge in [0.25, 0.3) is 5.69 Å². The molecule has 0 saturated carbocycles. The van der Waals surface area contributed by atoms with E-state index in [0.29, 0.717) is 11.1 Å². The average molecular weight is 211 g/mol. The number of nitro benzene ring substituents is 1. The fourth-order valence-corrected chi connectivity index (χ4v) is 1.59. The maximum atomic E-state index is 10.6. The Morgan fingerprint density at radius 2 is 2.29 bits per heavy atom. The number of hydrogen-bond donors (Lipinski definition) is 0. The van der Waals surface area contributed by atoms with Crippen LogP contribution in [0.4, 0.5) is 5.69 Å². The molecule has 0 amide bonds. The maximum absolute atomic E-state index is 10.6. The summed E-state index contributed by atoms with van der Waals surface area (Å²) in [7, 11) is 0. The lowest BCUT2D eigenvalue weighted by atomic mass is 10.1. The Hall–Kier alpha value is -1.60. The predicted molar refractivity (Wildman–Crippen MR) is 52.2 cm³/mol. The summed E-state index contributed by atoms with van der Waals surface area (Å²) in [6.45, 7) is 1.60. The van der Waals surface area contributed by atoms with Crippen LogP contribution in [-0.2, 0) is 6.42 Å². The SMILES string of the molecule is Cc1cc(CC#N)cc(Cl)c1[N+](=O)[O-]. The molecule has 0 N–H and O–H groups in total. The number of nitriles is 1. The Balaban J connectivity index is 3.26. The molecule has 4 nitrogen and oxygen atoms in total. The molecule has 72 valence electrons. The number of rotatable bonds is 2. The molecule has 0 radical (unpaired) electrons. The van der Waals surface area contributed by atoms with Crippen LogP contribution in [0.5, 0.6) is 0 Å². The fourth-order valence-electron chi connectivity index (χ4n) is 1.23. The molecule has 0 aliphatic carbocycles. The zero-order valence-corrected chi connectivity index (χ0v) is 8.21. The summed E-state index contributed by atoms with van der Waals surface area (Å²) in [4.78, 5) is 10.0. The third-order valence-electron chi connectivity index (χ3n) is 1.78. The molecule has 1 aromatic carbocycles. The molecular weight excluding hydrogens is 204 g/mol. The van der Waals surface area contributed by atoms with Gasteiger partial charge in [-0.05, 0) is 24.6 Å². The molecule has 0 spiro atoms. The van der Waals surface area contributed by atoms with E-state index in [1.54, 1.807) is 13.0 Å². The smallest absolute Gasteiger partial charge is 0.258 e. The van der Waals surface area contributed by atoms with Crippen molar-refractivity contribution in [3.8, 4) is 6.07 Å². The van der Waals surface area contributed by atoms with E-state index >= 15 is 0 Å². The quantitative estimate of drug-likeness (QED) is 0.557. The van der Waals surface area contributed by atoms with Gasteiger partial charge < -0.3 is 0 Å². The minimum Gasteiger partial charge on any atom is -0.258 e. The van der Waals surface area contributed by atoms with Gasteiger partial charge in [-0.2, -0.15) is 5.26 Å². The van der Waals surface area contributed by atoms with Gasteiger partial charge in [0.05, 0.1) is 17.4 Å². The van der Waals surface area contributed by atoms with Crippen molar-refractivity contribution < 1.29 is 4.92 Å². The molecule has 1 rings (SSSR count). The first-order valence-corrected chi connectivity index (χ1v) is 4.24. The highest BCUT2D eigenvalue weighted by molar-refractivity contribution is 6.32. The lowest BCUT2D eigenvalue weighted by molar-refractivity contribution is -0.385. The molecule has 0 heterocycles. The van der Waals surface area contributed by atoms with Gasteiger partial charge >= 0.3 is 0 Å². The van der Waals surface area contributed by atoms with E-state index < -0.39 is 4.92 Å². The lowest BCUT2D eigenvalue weighted by Gasteiger charge is -2.01. The topological polar surface area (TPSA) is 66.9 Å². The molecule has 0 aliphatic heterocycles. The summed E-state index contributed by atoms with van der Waals surface area (Å²) in [5.74, 6) is 0. The number of nitro groups is 1. The molecule has 0 aromatic heterocycles. The van der Waals surface area contributed by atoms with Crippen LogP contribution in [0.2, 0.25) is 5.02 Å². The van der Waals surface area contributed by atoms with Crippen LogP contribution in [0.15, 0.2) is 12.1 Å². The first kappa shape index (κ1) is 10.5. The van der Waals surface area contributed by atoms with Crippen LogP contribution in [0.1, 0.15) is 11.1 Å². The van der Waals surface area contributed by atoms with Crippen molar-refractivity contribution in [2.75, 3.05) is 0 Å². The van der Waals surface area contributed by atoms with Crippen LogP contribution in [0.3, 0.4) is 0 Å². The molecule has 0 aliphatic rings. The second kappa shape index (κ2) is 4.07. The van der Waals surface area contributed by atoms with Gasteiger partial charge in [-0.25, -0.2) is 0 Å². The summed E-state index contributed by atoms with van der Waals surface area (Å²) in [6.07, 6.45) is 0.207. The number of benzene rings is 1. The summed E-state index contributed by atoms with van der Waals surface area (Å²) in [5, 5.41) is 19.1. The number of halogens is 1. The van der Waals surface area contributed by atoms with Crippen molar-refractivity contribution in [3.63, 3.8) is 0 Å². The summed E-state index contributed by atoms with van der Waals surface area (Å²) in [6, 6.07) is 5.02. The van der Waals surface area contributed by atoms with Gasteiger partial charge in [-0.1, -0.05) is 11.6 Å². The molecule has 1 aromatic rings. The van der Waals surface area contributed by atoms with E-state index in [2.05, 4.69) is 0 Å². The van der Waals surface area contributed by atoms with Crippen molar-refractivity contribution in [3.05, 3.63) is 38.4 Å². The second-order valence-corrected chi connectivity index (χ2v) is 3.24. The second-order valence-electron chi connectivity index (χ2n) is 2.84.